The molecule has 0 bridgehead atoms. The summed E-state index contributed by atoms with van der Waals surface area (Å²) in [5.74, 6) is 0.841. The van der Waals surface area contributed by atoms with Crippen molar-refractivity contribution < 1.29 is 14.3 Å². The molecule has 2 aliphatic rings. The lowest BCUT2D eigenvalue weighted by Crippen LogP contribution is -2.37. The maximum atomic E-state index is 12.1. The number of fused-ring (bicyclic) bond motifs is 1. The Morgan fingerprint density at radius 2 is 2.04 bits per heavy atom. The summed E-state index contributed by atoms with van der Waals surface area (Å²) in [6.07, 6.45) is 3.70. The molecule has 6 heteroatoms. The fourth-order valence-corrected chi connectivity index (χ4v) is 3.89. The molecule has 2 aliphatic heterocycles. The molecule has 0 aliphatic carbocycles. The maximum Gasteiger partial charge on any atom is 0.328 e. The van der Waals surface area contributed by atoms with Gasteiger partial charge < -0.3 is 19.3 Å². The number of rotatable bonds is 3. The van der Waals surface area contributed by atoms with Crippen LogP contribution in [0, 0.1) is 0 Å². The van der Waals surface area contributed by atoms with E-state index in [1.54, 1.807) is 0 Å². The van der Waals surface area contributed by atoms with Crippen molar-refractivity contribution in [2.45, 2.75) is 18.9 Å². The summed E-state index contributed by atoms with van der Waals surface area (Å²) in [6.45, 7) is 4.03. The Hall–Kier alpha value is -2.34. The van der Waals surface area contributed by atoms with Crippen LogP contribution >= 0.6 is 0 Å². The molecule has 0 N–H and O–H groups in total. The smallest absolute Gasteiger partial charge is 0.328 e. The Kier molecular flexibility index (Phi) is 4.44. The maximum absolute atomic E-state index is 12.1. The van der Waals surface area contributed by atoms with Crippen LogP contribution < -0.4 is 9.80 Å². The number of benzene rings is 1. The summed E-state index contributed by atoms with van der Waals surface area (Å²) < 4.78 is 10.5. The number of hydrogen-bond donors (Lipinski definition) is 0. The van der Waals surface area contributed by atoms with Crippen molar-refractivity contribution in [3.05, 3.63) is 30.5 Å². The highest BCUT2D eigenvalue weighted by Gasteiger charge is 2.32. The molecule has 1 aromatic heterocycles. The second-order valence-electron chi connectivity index (χ2n) is 6.48. The van der Waals surface area contributed by atoms with Crippen LogP contribution in [0.25, 0.3) is 10.8 Å². The average molecular weight is 341 g/mol. The summed E-state index contributed by atoms with van der Waals surface area (Å²) in [5, 5.41) is 2.26. The minimum Gasteiger partial charge on any atom is -0.467 e. The molecular formula is C19H23N3O3. The van der Waals surface area contributed by atoms with Crippen molar-refractivity contribution in [1.82, 2.24) is 4.98 Å². The predicted molar refractivity (Wildman–Crippen MR) is 97.2 cm³/mol. The normalized spacial score (nSPS) is 20.9. The first-order chi connectivity index (χ1) is 12.3. The van der Waals surface area contributed by atoms with Crippen LogP contribution in [0.3, 0.4) is 0 Å². The molecule has 3 heterocycles. The quantitative estimate of drug-likeness (QED) is 0.798. The first-order valence-electron chi connectivity index (χ1n) is 8.84. The van der Waals surface area contributed by atoms with Crippen molar-refractivity contribution in [1.29, 1.82) is 0 Å². The van der Waals surface area contributed by atoms with Gasteiger partial charge in [0.2, 0.25) is 0 Å². The third kappa shape index (κ3) is 2.91. The molecule has 2 aromatic rings. The van der Waals surface area contributed by atoms with Gasteiger partial charge in [-0.3, -0.25) is 0 Å². The standard InChI is InChI=1S/C19H23N3O3/c1-24-19(23)17-6-3-9-22(17)16-5-2-4-15-14(16)7-8-20-18(15)21-10-12-25-13-11-21/h2,4-5,7-8,17H,3,6,9-13H2,1H3. The molecule has 0 amide bonds. The number of methoxy groups -OCH3 is 1. The van der Waals surface area contributed by atoms with E-state index >= 15 is 0 Å². The van der Waals surface area contributed by atoms with E-state index in [1.165, 1.54) is 7.11 Å². The summed E-state index contributed by atoms with van der Waals surface area (Å²) in [4.78, 5) is 21.2. The third-order valence-electron chi connectivity index (χ3n) is 5.11. The molecule has 2 saturated heterocycles. The van der Waals surface area contributed by atoms with Gasteiger partial charge in [0, 0.05) is 42.3 Å². The number of carbonyl (C=O) groups excluding carboxylic acids is 1. The zero-order valence-electron chi connectivity index (χ0n) is 14.5. The number of morpholine rings is 1. The largest absolute Gasteiger partial charge is 0.467 e. The molecule has 1 aromatic carbocycles. The van der Waals surface area contributed by atoms with E-state index in [9.17, 15) is 4.79 Å². The van der Waals surface area contributed by atoms with Crippen LogP contribution in [0.2, 0.25) is 0 Å². The summed E-state index contributed by atoms with van der Waals surface area (Å²) in [6, 6.07) is 8.10. The van der Waals surface area contributed by atoms with E-state index in [2.05, 4.69) is 33.0 Å². The van der Waals surface area contributed by atoms with Crippen LogP contribution in [-0.4, -0.2) is 57.0 Å². The zero-order valence-corrected chi connectivity index (χ0v) is 14.5. The Labute approximate surface area is 147 Å². The highest BCUT2D eigenvalue weighted by molar-refractivity contribution is 6.01. The minimum absolute atomic E-state index is 0.156. The number of carbonyl (C=O) groups is 1. The molecule has 4 rings (SSSR count). The number of hydrogen-bond acceptors (Lipinski definition) is 6. The number of nitrogens with zero attached hydrogens (tertiary/aromatic N) is 3. The lowest BCUT2D eigenvalue weighted by Gasteiger charge is -2.30. The Morgan fingerprint density at radius 1 is 1.20 bits per heavy atom. The van der Waals surface area contributed by atoms with E-state index in [0.717, 1.165) is 68.0 Å². The molecule has 1 atom stereocenters. The first kappa shape index (κ1) is 16.1. The van der Waals surface area contributed by atoms with E-state index in [1.807, 2.05) is 12.3 Å². The number of ether oxygens (including phenoxy) is 2. The van der Waals surface area contributed by atoms with Crippen molar-refractivity contribution in [3.63, 3.8) is 0 Å². The fourth-order valence-electron chi connectivity index (χ4n) is 3.89. The van der Waals surface area contributed by atoms with Gasteiger partial charge in [-0.2, -0.15) is 0 Å². The van der Waals surface area contributed by atoms with Crippen LogP contribution in [0.15, 0.2) is 30.5 Å². The summed E-state index contributed by atoms with van der Waals surface area (Å²) in [5.41, 5.74) is 1.09. The Bertz CT molecular complexity index is 774. The third-order valence-corrected chi connectivity index (χ3v) is 5.11. The first-order valence-corrected chi connectivity index (χ1v) is 8.84. The van der Waals surface area contributed by atoms with E-state index in [-0.39, 0.29) is 12.0 Å². The van der Waals surface area contributed by atoms with Crippen molar-refractivity contribution in [2.24, 2.45) is 0 Å². The molecule has 2 fully saturated rings. The fraction of sp³-hybridized carbons (Fsp3) is 0.474. The lowest BCUT2D eigenvalue weighted by atomic mass is 10.1. The monoisotopic (exact) mass is 341 g/mol. The molecule has 132 valence electrons. The van der Waals surface area contributed by atoms with Gasteiger partial charge in [-0.25, -0.2) is 9.78 Å². The topological polar surface area (TPSA) is 54.9 Å². The Morgan fingerprint density at radius 3 is 2.84 bits per heavy atom. The molecule has 0 spiro atoms. The van der Waals surface area contributed by atoms with E-state index in [4.69, 9.17) is 9.47 Å². The molecule has 0 saturated carbocycles. The van der Waals surface area contributed by atoms with Gasteiger partial charge >= 0.3 is 5.97 Å². The van der Waals surface area contributed by atoms with Gasteiger partial charge in [0.05, 0.1) is 20.3 Å². The average Bonchev–Trinajstić information content (AvgIpc) is 3.16. The molecule has 6 nitrogen and oxygen atoms in total. The SMILES string of the molecule is COC(=O)C1CCCN1c1cccc2c(N3CCOCC3)nccc12. The molecular weight excluding hydrogens is 318 g/mol. The van der Waals surface area contributed by atoms with Gasteiger partial charge in [0.25, 0.3) is 0 Å². The van der Waals surface area contributed by atoms with Crippen molar-refractivity contribution in [3.8, 4) is 0 Å². The Balaban J connectivity index is 1.76. The van der Waals surface area contributed by atoms with E-state index < -0.39 is 0 Å². The number of aromatic nitrogens is 1. The zero-order chi connectivity index (χ0) is 17.2. The minimum atomic E-state index is -0.199. The molecule has 25 heavy (non-hydrogen) atoms. The highest BCUT2D eigenvalue weighted by atomic mass is 16.5. The summed E-state index contributed by atoms with van der Waals surface area (Å²) in [7, 11) is 1.46. The van der Waals surface area contributed by atoms with Crippen molar-refractivity contribution >= 4 is 28.2 Å². The predicted octanol–water partition coefficient (Wildman–Crippen LogP) is 2.21. The highest BCUT2D eigenvalue weighted by Crippen LogP contribution is 2.35. The number of pyridine rings is 1. The van der Waals surface area contributed by atoms with Gasteiger partial charge in [-0.15, -0.1) is 0 Å². The van der Waals surface area contributed by atoms with Gasteiger partial charge in [0.15, 0.2) is 0 Å². The summed E-state index contributed by atoms with van der Waals surface area (Å²) >= 11 is 0. The van der Waals surface area contributed by atoms with Gasteiger partial charge in [-0.05, 0) is 25.0 Å². The second-order valence-corrected chi connectivity index (χ2v) is 6.48. The van der Waals surface area contributed by atoms with Gasteiger partial charge in [0.1, 0.15) is 11.9 Å². The van der Waals surface area contributed by atoms with E-state index in [0.29, 0.717) is 0 Å². The van der Waals surface area contributed by atoms with Crippen LogP contribution in [-0.2, 0) is 14.3 Å². The molecule has 1 unspecified atom stereocenters. The molecule has 0 radical (unpaired) electrons. The van der Waals surface area contributed by atoms with Crippen molar-refractivity contribution in [2.75, 3.05) is 49.8 Å². The van der Waals surface area contributed by atoms with Crippen LogP contribution in [0.1, 0.15) is 12.8 Å². The number of esters is 1. The van der Waals surface area contributed by atoms with Gasteiger partial charge in [-0.1, -0.05) is 12.1 Å². The number of anilines is 2. The van der Waals surface area contributed by atoms with Crippen LogP contribution in [0.4, 0.5) is 11.5 Å². The van der Waals surface area contributed by atoms with Crippen LogP contribution in [0.5, 0.6) is 0 Å². The second kappa shape index (κ2) is 6.88. The lowest BCUT2D eigenvalue weighted by molar-refractivity contribution is -0.141.